The van der Waals surface area contributed by atoms with E-state index >= 15 is 0 Å². The second-order valence-corrected chi connectivity index (χ2v) is 7.14. The van der Waals surface area contributed by atoms with Gasteiger partial charge in [-0.05, 0) is 43.5 Å². The Kier molecular flexibility index (Phi) is 4.21. The van der Waals surface area contributed by atoms with Crippen LogP contribution in [-0.2, 0) is 10.2 Å². The summed E-state index contributed by atoms with van der Waals surface area (Å²) in [7, 11) is 0. The molecule has 0 radical (unpaired) electrons. The molecule has 1 N–H and O–H groups in total. The van der Waals surface area contributed by atoms with Crippen LogP contribution in [0.3, 0.4) is 0 Å². The van der Waals surface area contributed by atoms with Gasteiger partial charge in [0.15, 0.2) is 0 Å². The fraction of sp³-hybridized carbons (Fsp3) is 0.611. The summed E-state index contributed by atoms with van der Waals surface area (Å²) in [6.07, 6.45) is 5.09. The zero-order valence-electron chi connectivity index (χ0n) is 13.2. The Morgan fingerprint density at radius 3 is 2.59 bits per heavy atom. The minimum atomic E-state index is 0. The fourth-order valence-corrected chi connectivity index (χ4v) is 4.42. The van der Waals surface area contributed by atoms with Gasteiger partial charge in [0, 0.05) is 23.6 Å². The van der Waals surface area contributed by atoms with E-state index in [4.69, 9.17) is 0 Å². The molecule has 1 spiro atoms. The molecule has 1 unspecified atom stereocenters. The van der Waals surface area contributed by atoms with Crippen molar-refractivity contribution in [2.24, 2.45) is 11.8 Å². The van der Waals surface area contributed by atoms with Crippen LogP contribution in [0.25, 0.3) is 0 Å². The molecule has 4 rings (SSSR count). The highest BCUT2D eigenvalue weighted by Gasteiger charge is 2.47. The number of anilines is 1. The number of carbonyl (C=O) groups is 1. The zero-order chi connectivity index (χ0) is 14.4. The number of para-hydroxylation sites is 1. The van der Waals surface area contributed by atoms with Gasteiger partial charge in [-0.15, -0.1) is 12.4 Å². The maximum absolute atomic E-state index is 13.0. The summed E-state index contributed by atoms with van der Waals surface area (Å²) in [6, 6.07) is 8.60. The molecule has 1 saturated carbocycles. The van der Waals surface area contributed by atoms with E-state index in [1.165, 1.54) is 36.9 Å². The molecule has 1 aromatic carbocycles. The van der Waals surface area contributed by atoms with Crippen molar-refractivity contribution in [1.29, 1.82) is 0 Å². The first kappa shape index (κ1) is 15.8. The first-order chi connectivity index (χ1) is 10.2. The molecule has 22 heavy (non-hydrogen) atoms. The van der Waals surface area contributed by atoms with Crippen molar-refractivity contribution in [2.75, 3.05) is 24.5 Å². The molecule has 3 aliphatic rings. The van der Waals surface area contributed by atoms with Crippen LogP contribution in [0.15, 0.2) is 24.3 Å². The lowest BCUT2D eigenvalue weighted by atomic mass is 9.81. The summed E-state index contributed by atoms with van der Waals surface area (Å²) in [6.45, 7) is 5.01. The third kappa shape index (κ3) is 2.26. The van der Waals surface area contributed by atoms with Crippen molar-refractivity contribution in [3.8, 4) is 0 Å². The minimum Gasteiger partial charge on any atom is -0.316 e. The number of rotatable bonds is 2. The maximum Gasteiger partial charge on any atom is 0.230 e. The predicted molar refractivity (Wildman–Crippen MR) is 91.7 cm³/mol. The summed E-state index contributed by atoms with van der Waals surface area (Å²) in [5.41, 5.74) is 2.86. The molecule has 2 aliphatic heterocycles. The summed E-state index contributed by atoms with van der Waals surface area (Å²) in [5, 5.41) is 3.28. The number of nitrogens with zero attached hydrogens (tertiary/aromatic N) is 1. The Labute approximate surface area is 138 Å². The van der Waals surface area contributed by atoms with E-state index in [-0.39, 0.29) is 23.7 Å². The van der Waals surface area contributed by atoms with Crippen molar-refractivity contribution in [2.45, 2.75) is 38.0 Å². The fourth-order valence-electron chi connectivity index (χ4n) is 4.42. The number of carbonyl (C=O) groups excluding carboxylic acids is 1. The van der Waals surface area contributed by atoms with Crippen LogP contribution >= 0.6 is 12.4 Å². The molecule has 2 heterocycles. The van der Waals surface area contributed by atoms with Gasteiger partial charge in [-0.2, -0.15) is 0 Å². The molecule has 120 valence electrons. The Morgan fingerprint density at radius 2 is 1.95 bits per heavy atom. The molecule has 1 aromatic rings. The number of hydrogen-bond acceptors (Lipinski definition) is 2. The Bertz CT molecular complexity index is 564. The summed E-state index contributed by atoms with van der Waals surface area (Å²) >= 11 is 0. The molecule has 4 heteroatoms. The quantitative estimate of drug-likeness (QED) is 0.908. The lowest BCUT2D eigenvalue weighted by molar-refractivity contribution is -0.124. The monoisotopic (exact) mass is 320 g/mol. The second kappa shape index (κ2) is 5.86. The van der Waals surface area contributed by atoms with Crippen molar-refractivity contribution in [1.82, 2.24) is 5.32 Å². The zero-order valence-corrected chi connectivity index (χ0v) is 14.0. The van der Waals surface area contributed by atoms with Crippen molar-refractivity contribution >= 4 is 24.0 Å². The Morgan fingerprint density at radius 1 is 1.27 bits per heavy atom. The average Bonchev–Trinajstić information content (AvgIpc) is 3.04. The van der Waals surface area contributed by atoms with Gasteiger partial charge in [0.05, 0.1) is 0 Å². The standard InChI is InChI=1S/C18H24N2O.ClH/c1-13(14-10-19-11-14)17(21)20-12-18(8-4-5-9-18)15-6-2-3-7-16(15)20;/h2-3,6-7,13-14,19H,4-5,8-12H2,1H3;1H. The molecule has 1 saturated heterocycles. The molecular weight excluding hydrogens is 296 g/mol. The second-order valence-electron chi connectivity index (χ2n) is 7.14. The van der Waals surface area contributed by atoms with Crippen LogP contribution in [0.5, 0.6) is 0 Å². The highest BCUT2D eigenvalue weighted by molar-refractivity contribution is 5.98. The highest BCUT2D eigenvalue weighted by atomic mass is 35.5. The van der Waals surface area contributed by atoms with Gasteiger partial charge in [0.2, 0.25) is 5.91 Å². The van der Waals surface area contributed by atoms with E-state index in [1.807, 2.05) is 0 Å². The van der Waals surface area contributed by atoms with Crippen LogP contribution in [0.1, 0.15) is 38.2 Å². The van der Waals surface area contributed by atoms with Gasteiger partial charge in [0.1, 0.15) is 0 Å². The summed E-state index contributed by atoms with van der Waals surface area (Å²) in [5.74, 6) is 0.985. The molecule has 1 aliphatic carbocycles. The first-order valence-corrected chi connectivity index (χ1v) is 8.33. The number of hydrogen-bond donors (Lipinski definition) is 1. The third-order valence-corrected chi connectivity index (χ3v) is 5.96. The molecule has 3 nitrogen and oxygen atoms in total. The molecule has 0 aromatic heterocycles. The van der Waals surface area contributed by atoms with Gasteiger partial charge >= 0.3 is 0 Å². The van der Waals surface area contributed by atoms with Crippen LogP contribution in [0.4, 0.5) is 5.69 Å². The largest absolute Gasteiger partial charge is 0.316 e. The number of fused-ring (bicyclic) bond motifs is 2. The van der Waals surface area contributed by atoms with E-state index in [0.717, 1.165) is 19.6 Å². The van der Waals surface area contributed by atoms with E-state index < -0.39 is 0 Å². The SMILES string of the molecule is CC(C(=O)N1CC2(CCCC2)c2ccccc21)C1CNC1.Cl. The molecule has 1 atom stereocenters. The van der Waals surface area contributed by atoms with E-state index in [2.05, 4.69) is 41.4 Å². The highest BCUT2D eigenvalue weighted by Crippen LogP contribution is 2.50. The van der Waals surface area contributed by atoms with Crippen molar-refractivity contribution in [3.63, 3.8) is 0 Å². The number of halogens is 1. The van der Waals surface area contributed by atoms with Crippen molar-refractivity contribution in [3.05, 3.63) is 29.8 Å². The third-order valence-electron chi connectivity index (χ3n) is 5.96. The molecule has 2 fully saturated rings. The van der Waals surface area contributed by atoms with Gasteiger partial charge in [-0.25, -0.2) is 0 Å². The van der Waals surface area contributed by atoms with Crippen LogP contribution < -0.4 is 10.2 Å². The van der Waals surface area contributed by atoms with Crippen LogP contribution in [0, 0.1) is 11.8 Å². The van der Waals surface area contributed by atoms with Gasteiger partial charge in [-0.1, -0.05) is 38.0 Å². The maximum atomic E-state index is 13.0. The minimum absolute atomic E-state index is 0. The summed E-state index contributed by atoms with van der Waals surface area (Å²) in [4.78, 5) is 15.1. The van der Waals surface area contributed by atoms with Crippen LogP contribution in [0.2, 0.25) is 0 Å². The lowest BCUT2D eigenvalue weighted by Gasteiger charge is -2.34. The smallest absolute Gasteiger partial charge is 0.230 e. The Hall–Kier alpha value is -1.06. The topological polar surface area (TPSA) is 32.3 Å². The molecule has 0 bridgehead atoms. The normalized spacial score (nSPS) is 23.8. The van der Waals surface area contributed by atoms with Crippen molar-refractivity contribution < 1.29 is 4.79 Å². The van der Waals surface area contributed by atoms with Gasteiger partial charge in [0.25, 0.3) is 0 Å². The van der Waals surface area contributed by atoms with E-state index in [0.29, 0.717) is 11.8 Å². The number of amides is 1. The van der Waals surface area contributed by atoms with Crippen LogP contribution in [-0.4, -0.2) is 25.5 Å². The summed E-state index contributed by atoms with van der Waals surface area (Å²) < 4.78 is 0. The van der Waals surface area contributed by atoms with E-state index in [9.17, 15) is 4.79 Å². The average molecular weight is 321 g/mol. The van der Waals surface area contributed by atoms with Gasteiger partial charge < -0.3 is 10.2 Å². The molecule has 1 amide bonds. The van der Waals surface area contributed by atoms with E-state index in [1.54, 1.807) is 0 Å². The number of nitrogens with one attached hydrogen (secondary N) is 1. The Balaban J connectivity index is 0.00000144. The predicted octanol–water partition coefficient (Wildman–Crippen LogP) is 3.12. The van der Waals surface area contributed by atoms with Gasteiger partial charge in [-0.3, -0.25) is 4.79 Å². The molecular formula is C18H25ClN2O. The number of benzene rings is 1. The first-order valence-electron chi connectivity index (χ1n) is 8.33. The lowest BCUT2D eigenvalue weighted by Crippen LogP contribution is -2.50.